The first-order valence-corrected chi connectivity index (χ1v) is 2.93. The summed E-state index contributed by atoms with van der Waals surface area (Å²) < 4.78 is 5.95. The van der Waals surface area contributed by atoms with Crippen molar-refractivity contribution >= 4 is 22.6 Å². The van der Waals surface area contributed by atoms with Gasteiger partial charge in [0.2, 0.25) is 0 Å². The van der Waals surface area contributed by atoms with Gasteiger partial charge in [0, 0.05) is 6.92 Å². The van der Waals surface area contributed by atoms with E-state index < -0.39 is 0 Å². The van der Waals surface area contributed by atoms with Gasteiger partial charge in [0.15, 0.2) is 0 Å². The van der Waals surface area contributed by atoms with Crippen molar-refractivity contribution in [2.24, 2.45) is 0 Å². The highest BCUT2D eigenvalue weighted by molar-refractivity contribution is 14.1. The van der Waals surface area contributed by atoms with Gasteiger partial charge in [-0.15, -0.1) is 0 Å². The fourth-order valence-corrected chi connectivity index (χ4v) is 0.828. The summed E-state index contributed by atoms with van der Waals surface area (Å²) >= 11 is 2.17. The molecule has 7 heavy (non-hydrogen) atoms. The van der Waals surface area contributed by atoms with Gasteiger partial charge in [0.05, 0.1) is 3.57 Å². The van der Waals surface area contributed by atoms with E-state index in [0.717, 1.165) is 9.33 Å². The molecule has 1 radical (unpaired) electrons. The highest BCUT2D eigenvalue weighted by atomic mass is 127. The molecule has 1 rings (SSSR count). The first-order valence-electron chi connectivity index (χ1n) is 1.85. The molecule has 1 aromatic rings. The monoisotopic (exact) mass is 207 g/mol. The molecule has 0 unspecified atom stereocenters. The van der Waals surface area contributed by atoms with Crippen LogP contribution in [0, 0.1) is 10.5 Å². The lowest BCUT2D eigenvalue weighted by molar-refractivity contribution is 0.547. The summed E-state index contributed by atoms with van der Waals surface area (Å²) in [6.45, 7) is 3.57. The Bertz CT molecular complexity index is 140. The van der Waals surface area contributed by atoms with Crippen LogP contribution in [0.3, 0.4) is 0 Å². The van der Waals surface area contributed by atoms with Gasteiger partial charge in [-0.3, -0.25) is 0 Å². The van der Waals surface area contributed by atoms with Crippen LogP contribution in [0.2, 0.25) is 0 Å². The molecule has 37 valence electrons. The highest BCUT2D eigenvalue weighted by Crippen LogP contribution is 2.07. The summed E-state index contributed by atoms with van der Waals surface area (Å²) in [7, 11) is 0. The van der Waals surface area contributed by atoms with E-state index in [-0.39, 0.29) is 0 Å². The number of halogens is 1. The molecule has 0 saturated carbocycles. The third-order valence-electron chi connectivity index (χ3n) is 0.622. The van der Waals surface area contributed by atoms with E-state index in [9.17, 15) is 0 Å². The standard InChI is InChI=1S/C5H4IO/c1-4-2-5(6)3-7-4/h2-3H,1H2. The van der Waals surface area contributed by atoms with Crippen LogP contribution in [0.15, 0.2) is 16.7 Å². The maximum atomic E-state index is 4.85. The van der Waals surface area contributed by atoms with Crippen molar-refractivity contribution in [1.29, 1.82) is 0 Å². The Kier molecular flexibility index (Phi) is 1.37. The average Bonchev–Trinajstić information content (AvgIpc) is 1.87. The van der Waals surface area contributed by atoms with Crippen molar-refractivity contribution < 1.29 is 4.42 Å². The minimum Gasteiger partial charge on any atom is -0.468 e. The van der Waals surface area contributed by atoms with Crippen LogP contribution in [0.25, 0.3) is 0 Å². The normalized spacial score (nSPS) is 9.43. The first-order chi connectivity index (χ1) is 3.29. The Hall–Kier alpha value is 0.01000. The quantitative estimate of drug-likeness (QED) is 0.593. The Morgan fingerprint density at radius 3 is 2.57 bits per heavy atom. The van der Waals surface area contributed by atoms with Crippen LogP contribution in [-0.4, -0.2) is 0 Å². The molecule has 2 heteroatoms. The van der Waals surface area contributed by atoms with Gasteiger partial charge in [-0.25, -0.2) is 0 Å². The molecule has 0 amide bonds. The second kappa shape index (κ2) is 1.86. The van der Waals surface area contributed by atoms with Gasteiger partial charge in [-0.2, -0.15) is 0 Å². The first kappa shape index (κ1) is 5.15. The molecule has 1 heterocycles. The minimum absolute atomic E-state index is 0.726. The molecule has 0 bridgehead atoms. The molecule has 0 N–H and O–H groups in total. The number of rotatable bonds is 0. The molecule has 0 atom stereocenters. The van der Waals surface area contributed by atoms with Gasteiger partial charge < -0.3 is 4.42 Å². The number of hydrogen-bond donors (Lipinski definition) is 0. The van der Waals surface area contributed by atoms with Crippen molar-refractivity contribution in [2.75, 3.05) is 0 Å². The maximum absolute atomic E-state index is 4.85. The Labute approximate surface area is 55.9 Å². The van der Waals surface area contributed by atoms with E-state index in [0.29, 0.717) is 0 Å². The Morgan fingerprint density at radius 1 is 1.71 bits per heavy atom. The van der Waals surface area contributed by atoms with Crippen LogP contribution < -0.4 is 0 Å². The van der Waals surface area contributed by atoms with Crippen molar-refractivity contribution in [3.8, 4) is 0 Å². The Morgan fingerprint density at radius 2 is 2.43 bits per heavy atom. The lowest BCUT2D eigenvalue weighted by Crippen LogP contribution is -1.52. The van der Waals surface area contributed by atoms with Gasteiger partial charge in [0.25, 0.3) is 0 Å². The summed E-state index contributed by atoms with van der Waals surface area (Å²) in [5.74, 6) is 0.726. The minimum atomic E-state index is 0.726. The van der Waals surface area contributed by atoms with Crippen molar-refractivity contribution in [1.82, 2.24) is 0 Å². The van der Waals surface area contributed by atoms with Crippen LogP contribution >= 0.6 is 22.6 Å². The highest BCUT2D eigenvalue weighted by Gasteiger charge is 1.87. The van der Waals surface area contributed by atoms with Crippen molar-refractivity contribution in [3.05, 3.63) is 28.6 Å². The summed E-state index contributed by atoms with van der Waals surface area (Å²) in [5, 5.41) is 0. The fourth-order valence-electron chi connectivity index (χ4n) is 0.354. The van der Waals surface area contributed by atoms with Crippen LogP contribution in [0.4, 0.5) is 0 Å². The molecule has 0 spiro atoms. The van der Waals surface area contributed by atoms with E-state index in [1.54, 1.807) is 6.26 Å². The van der Waals surface area contributed by atoms with Gasteiger partial charge in [-0.05, 0) is 28.7 Å². The second-order valence-corrected chi connectivity index (χ2v) is 2.48. The van der Waals surface area contributed by atoms with E-state index in [4.69, 9.17) is 4.42 Å². The zero-order chi connectivity index (χ0) is 5.28. The average molecular weight is 207 g/mol. The zero-order valence-corrected chi connectivity index (χ0v) is 5.81. The molecule has 0 aliphatic carbocycles. The fraction of sp³-hybridized carbons (Fsp3) is 0. The lowest BCUT2D eigenvalue weighted by atomic mass is 10.5. The third kappa shape index (κ3) is 1.19. The van der Waals surface area contributed by atoms with E-state index >= 15 is 0 Å². The molecular weight excluding hydrogens is 203 g/mol. The predicted molar refractivity (Wildman–Crippen MR) is 35.9 cm³/mol. The van der Waals surface area contributed by atoms with Gasteiger partial charge in [0.1, 0.15) is 12.0 Å². The molecule has 1 aromatic heterocycles. The Balaban J connectivity index is 3.04. The van der Waals surface area contributed by atoms with Crippen LogP contribution in [0.5, 0.6) is 0 Å². The molecule has 1 nitrogen and oxygen atoms in total. The van der Waals surface area contributed by atoms with E-state index in [1.165, 1.54) is 0 Å². The van der Waals surface area contributed by atoms with E-state index in [2.05, 4.69) is 29.5 Å². The van der Waals surface area contributed by atoms with Crippen LogP contribution in [-0.2, 0) is 0 Å². The summed E-state index contributed by atoms with van der Waals surface area (Å²) in [6, 6.07) is 1.88. The van der Waals surface area contributed by atoms with Crippen molar-refractivity contribution in [2.45, 2.75) is 0 Å². The van der Waals surface area contributed by atoms with Crippen molar-refractivity contribution in [3.63, 3.8) is 0 Å². The molecular formula is C5H4IO. The molecule has 0 aliphatic heterocycles. The second-order valence-electron chi connectivity index (χ2n) is 1.23. The zero-order valence-electron chi connectivity index (χ0n) is 3.65. The van der Waals surface area contributed by atoms with Gasteiger partial charge in [-0.1, -0.05) is 0 Å². The molecule has 0 aromatic carbocycles. The van der Waals surface area contributed by atoms with Gasteiger partial charge >= 0.3 is 0 Å². The summed E-state index contributed by atoms with van der Waals surface area (Å²) in [6.07, 6.45) is 1.67. The topological polar surface area (TPSA) is 13.1 Å². The molecule has 0 aliphatic rings. The summed E-state index contributed by atoms with van der Waals surface area (Å²) in [5.41, 5.74) is 0. The SMILES string of the molecule is [CH2]c1cc(I)co1. The number of furan rings is 1. The molecule has 0 saturated heterocycles. The smallest absolute Gasteiger partial charge is 0.105 e. The van der Waals surface area contributed by atoms with Crippen LogP contribution in [0.1, 0.15) is 5.76 Å². The maximum Gasteiger partial charge on any atom is 0.105 e. The van der Waals surface area contributed by atoms with E-state index in [1.807, 2.05) is 6.07 Å². The summed E-state index contributed by atoms with van der Waals surface area (Å²) in [4.78, 5) is 0. The predicted octanol–water partition coefficient (Wildman–Crippen LogP) is 2.07. The third-order valence-corrected chi connectivity index (χ3v) is 1.19. The largest absolute Gasteiger partial charge is 0.468 e. The molecule has 0 fully saturated rings. The lowest BCUT2D eigenvalue weighted by Gasteiger charge is -1.68. The number of hydrogen-bond acceptors (Lipinski definition) is 1.